The maximum Gasteiger partial charge on any atom is 0.329 e. The number of aliphatic hydroxyl groups excluding tert-OH is 2. The maximum absolute atomic E-state index is 12.1. The summed E-state index contributed by atoms with van der Waals surface area (Å²) in [7, 11) is 0. The largest absolute Gasteiger partial charge is 0.395 e. The Balaban J connectivity index is 2.73. The zero-order valence-corrected chi connectivity index (χ0v) is 9.76. The van der Waals surface area contributed by atoms with Crippen LogP contribution in [0.2, 0.25) is 0 Å². The number of hydrogen-bond donors (Lipinski definition) is 2. The van der Waals surface area contributed by atoms with Gasteiger partial charge in [-0.25, -0.2) is 4.79 Å². The van der Waals surface area contributed by atoms with Crippen LogP contribution in [0.4, 0.5) is 0 Å². The number of aromatic nitrogens is 2. The van der Waals surface area contributed by atoms with Crippen LogP contribution in [0.1, 0.15) is 5.56 Å². The molecule has 5 heteroatoms. The minimum absolute atomic E-state index is 0.0773. The molecule has 1 heterocycles. The van der Waals surface area contributed by atoms with E-state index >= 15 is 0 Å². The van der Waals surface area contributed by atoms with Gasteiger partial charge in [0.1, 0.15) is 0 Å². The van der Waals surface area contributed by atoms with Crippen LogP contribution >= 0.6 is 0 Å². The highest BCUT2D eigenvalue weighted by atomic mass is 16.3. The molecule has 0 saturated heterocycles. The summed E-state index contributed by atoms with van der Waals surface area (Å²) in [6, 6.07) is 5.72. The van der Waals surface area contributed by atoms with Crippen molar-refractivity contribution in [2.45, 2.75) is 20.0 Å². The summed E-state index contributed by atoms with van der Waals surface area (Å²) in [6.45, 7) is 2.35. The zero-order chi connectivity index (χ0) is 12.4. The first-order chi connectivity index (χ1) is 8.19. The summed E-state index contributed by atoms with van der Waals surface area (Å²) in [5.41, 5.74) is 2.47. The molecule has 2 rings (SSSR count). The fraction of sp³-hybridized carbons (Fsp3) is 0.417. The van der Waals surface area contributed by atoms with Crippen molar-refractivity contribution >= 4 is 11.0 Å². The van der Waals surface area contributed by atoms with E-state index in [1.807, 2.05) is 25.1 Å². The molecule has 0 unspecified atom stereocenters. The third kappa shape index (κ3) is 1.99. The van der Waals surface area contributed by atoms with E-state index in [1.54, 1.807) is 0 Å². The predicted molar refractivity (Wildman–Crippen MR) is 65.1 cm³/mol. The quantitative estimate of drug-likeness (QED) is 0.791. The normalized spacial score (nSPS) is 11.2. The molecule has 0 saturated carbocycles. The van der Waals surface area contributed by atoms with Gasteiger partial charge < -0.3 is 10.2 Å². The third-order valence-electron chi connectivity index (χ3n) is 2.82. The molecule has 0 aliphatic heterocycles. The second kappa shape index (κ2) is 4.73. The molecule has 92 valence electrons. The summed E-state index contributed by atoms with van der Waals surface area (Å²) in [5.74, 6) is 0. The predicted octanol–water partition coefficient (Wildman–Crippen LogP) is 0.0960. The lowest BCUT2D eigenvalue weighted by molar-refractivity contribution is 0.268. The zero-order valence-electron chi connectivity index (χ0n) is 9.76. The lowest BCUT2D eigenvalue weighted by atomic mass is 10.2. The minimum Gasteiger partial charge on any atom is -0.395 e. The smallest absolute Gasteiger partial charge is 0.329 e. The average molecular weight is 236 g/mol. The molecule has 2 aromatic rings. The number of aliphatic hydroxyl groups is 2. The van der Waals surface area contributed by atoms with E-state index < -0.39 is 0 Å². The van der Waals surface area contributed by atoms with Crippen LogP contribution < -0.4 is 5.69 Å². The fourth-order valence-corrected chi connectivity index (χ4v) is 2.06. The van der Waals surface area contributed by atoms with Crippen LogP contribution in [0.5, 0.6) is 0 Å². The molecular weight excluding hydrogens is 220 g/mol. The standard InChI is InChI=1S/C12H16N2O3/c1-9-2-3-10-11(8-9)14(5-7-16)12(17)13(10)4-6-15/h2-3,8,15-16H,4-7H2,1H3. The molecule has 17 heavy (non-hydrogen) atoms. The van der Waals surface area contributed by atoms with Crippen molar-refractivity contribution in [2.24, 2.45) is 0 Å². The van der Waals surface area contributed by atoms with Crippen molar-refractivity contribution in [2.75, 3.05) is 13.2 Å². The molecular formula is C12H16N2O3. The summed E-state index contributed by atoms with van der Waals surface area (Å²) >= 11 is 0. The summed E-state index contributed by atoms with van der Waals surface area (Å²) in [4.78, 5) is 12.1. The van der Waals surface area contributed by atoms with Gasteiger partial charge in [-0.05, 0) is 24.6 Å². The molecule has 0 fully saturated rings. The summed E-state index contributed by atoms with van der Waals surface area (Å²) in [5, 5.41) is 18.0. The summed E-state index contributed by atoms with van der Waals surface area (Å²) < 4.78 is 3.07. The van der Waals surface area contributed by atoms with Crippen molar-refractivity contribution in [1.29, 1.82) is 0 Å². The summed E-state index contributed by atoms with van der Waals surface area (Å²) in [6.07, 6.45) is 0. The van der Waals surface area contributed by atoms with E-state index in [0.29, 0.717) is 0 Å². The Labute approximate surface area is 98.5 Å². The van der Waals surface area contributed by atoms with E-state index in [1.165, 1.54) is 9.13 Å². The lowest BCUT2D eigenvalue weighted by Gasteiger charge is -2.00. The number of benzene rings is 1. The molecule has 2 N–H and O–H groups in total. The highest BCUT2D eigenvalue weighted by Gasteiger charge is 2.12. The van der Waals surface area contributed by atoms with Crippen LogP contribution in [-0.4, -0.2) is 32.6 Å². The number of nitrogens with zero attached hydrogens (tertiary/aromatic N) is 2. The molecule has 0 atom stereocenters. The lowest BCUT2D eigenvalue weighted by Crippen LogP contribution is -2.26. The molecule has 0 spiro atoms. The molecule has 0 aliphatic carbocycles. The number of fused-ring (bicyclic) bond motifs is 1. The van der Waals surface area contributed by atoms with Crippen LogP contribution in [0.15, 0.2) is 23.0 Å². The van der Waals surface area contributed by atoms with E-state index in [4.69, 9.17) is 10.2 Å². The first-order valence-corrected chi connectivity index (χ1v) is 5.60. The minimum atomic E-state index is -0.186. The average Bonchev–Trinajstić information content (AvgIpc) is 2.55. The molecule has 0 aliphatic rings. The Bertz CT molecular complexity index is 583. The van der Waals surface area contributed by atoms with E-state index in [-0.39, 0.29) is 32.0 Å². The molecule has 1 aromatic heterocycles. The van der Waals surface area contributed by atoms with Crippen LogP contribution in [0.25, 0.3) is 11.0 Å². The number of imidazole rings is 1. The highest BCUT2D eigenvalue weighted by molar-refractivity contribution is 5.77. The van der Waals surface area contributed by atoms with Gasteiger partial charge in [-0.2, -0.15) is 0 Å². The molecule has 0 radical (unpaired) electrons. The molecule has 1 aromatic carbocycles. The van der Waals surface area contributed by atoms with Gasteiger partial charge in [0.25, 0.3) is 0 Å². The Morgan fingerprint density at radius 3 is 2.24 bits per heavy atom. The fourth-order valence-electron chi connectivity index (χ4n) is 2.06. The first-order valence-electron chi connectivity index (χ1n) is 5.60. The third-order valence-corrected chi connectivity index (χ3v) is 2.82. The van der Waals surface area contributed by atoms with Crippen molar-refractivity contribution in [3.63, 3.8) is 0 Å². The van der Waals surface area contributed by atoms with Crippen LogP contribution in [0.3, 0.4) is 0 Å². The van der Waals surface area contributed by atoms with Gasteiger partial charge in [0.2, 0.25) is 0 Å². The van der Waals surface area contributed by atoms with Gasteiger partial charge in [0, 0.05) is 0 Å². The Morgan fingerprint density at radius 1 is 1.06 bits per heavy atom. The first kappa shape index (κ1) is 11.9. The molecule has 0 bridgehead atoms. The number of hydrogen-bond acceptors (Lipinski definition) is 3. The van der Waals surface area contributed by atoms with Crippen molar-refractivity contribution in [3.05, 3.63) is 34.2 Å². The van der Waals surface area contributed by atoms with Gasteiger partial charge >= 0.3 is 5.69 Å². The maximum atomic E-state index is 12.1. The Morgan fingerprint density at radius 2 is 1.65 bits per heavy atom. The Kier molecular flexibility index (Phi) is 3.31. The van der Waals surface area contributed by atoms with E-state index in [9.17, 15) is 4.79 Å². The second-order valence-corrected chi connectivity index (χ2v) is 4.03. The second-order valence-electron chi connectivity index (χ2n) is 4.03. The number of rotatable bonds is 4. The topological polar surface area (TPSA) is 67.4 Å². The number of aryl methyl sites for hydroxylation is 1. The molecule has 0 amide bonds. The van der Waals surface area contributed by atoms with Crippen LogP contribution in [-0.2, 0) is 13.1 Å². The SMILES string of the molecule is Cc1ccc2c(c1)n(CCO)c(=O)n2CCO. The highest BCUT2D eigenvalue weighted by Crippen LogP contribution is 2.15. The van der Waals surface area contributed by atoms with Gasteiger partial charge in [-0.15, -0.1) is 0 Å². The van der Waals surface area contributed by atoms with Gasteiger partial charge in [0.15, 0.2) is 0 Å². The van der Waals surface area contributed by atoms with Gasteiger partial charge in [-0.3, -0.25) is 9.13 Å². The van der Waals surface area contributed by atoms with Gasteiger partial charge in [-0.1, -0.05) is 6.07 Å². The van der Waals surface area contributed by atoms with Crippen LogP contribution in [0, 0.1) is 6.92 Å². The van der Waals surface area contributed by atoms with E-state index in [0.717, 1.165) is 16.6 Å². The van der Waals surface area contributed by atoms with Gasteiger partial charge in [0.05, 0.1) is 37.3 Å². The monoisotopic (exact) mass is 236 g/mol. The molecule has 5 nitrogen and oxygen atoms in total. The van der Waals surface area contributed by atoms with Crippen molar-refractivity contribution in [3.8, 4) is 0 Å². The van der Waals surface area contributed by atoms with Crippen molar-refractivity contribution in [1.82, 2.24) is 9.13 Å². The van der Waals surface area contributed by atoms with Crippen molar-refractivity contribution < 1.29 is 10.2 Å². The van der Waals surface area contributed by atoms with E-state index in [2.05, 4.69) is 0 Å². The Hall–Kier alpha value is -1.59.